The predicted molar refractivity (Wildman–Crippen MR) is 87.7 cm³/mol. The molecule has 0 saturated heterocycles. The minimum atomic E-state index is -1.30. The fourth-order valence-corrected chi connectivity index (χ4v) is 3.18. The first-order chi connectivity index (χ1) is 9.61. The smallest absolute Gasteiger partial charge is 0.288 e. The van der Waals surface area contributed by atoms with Crippen LogP contribution in [-0.2, 0) is 16.6 Å². The Bertz CT molecular complexity index is 783. The van der Waals surface area contributed by atoms with Crippen molar-refractivity contribution in [3.8, 4) is 0 Å². The zero-order valence-corrected chi connectivity index (χ0v) is 13.3. The van der Waals surface area contributed by atoms with Crippen LogP contribution >= 0.6 is 22.6 Å². The Labute approximate surface area is 132 Å². The molecule has 0 radical (unpaired) electrons. The second-order valence-corrected chi connectivity index (χ2v) is 6.90. The molecular formula is C14H11IN2O2S. The topological polar surface area (TPSA) is 69.1 Å². The number of hydrogen-bond donors (Lipinski definition) is 1. The third-order valence-corrected chi connectivity index (χ3v) is 4.68. The first kappa shape index (κ1) is 13.6. The molecule has 20 heavy (non-hydrogen) atoms. The lowest BCUT2D eigenvalue weighted by atomic mass is 10.2. The third kappa shape index (κ3) is 2.85. The van der Waals surface area contributed by atoms with Crippen LogP contribution in [0.5, 0.6) is 0 Å². The first-order valence-electron chi connectivity index (χ1n) is 5.91. The number of anilines is 1. The number of benzene rings is 2. The minimum absolute atomic E-state index is 0.240. The van der Waals surface area contributed by atoms with Crippen LogP contribution in [0.4, 0.5) is 5.69 Å². The Morgan fingerprint density at radius 2 is 1.95 bits per heavy atom. The van der Waals surface area contributed by atoms with Crippen LogP contribution in [0.3, 0.4) is 0 Å². The van der Waals surface area contributed by atoms with Gasteiger partial charge in [-0.25, -0.2) is 9.19 Å². The molecule has 2 N–H and O–H groups in total. The number of oxazole rings is 1. The van der Waals surface area contributed by atoms with E-state index in [2.05, 4.69) is 27.6 Å². The SMILES string of the molecule is Nc1ccc2oc(S(=O)Cc3ccc(I)cc3)nc2c1. The molecule has 102 valence electrons. The Morgan fingerprint density at radius 1 is 1.20 bits per heavy atom. The molecule has 0 saturated carbocycles. The van der Waals surface area contributed by atoms with Gasteiger partial charge >= 0.3 is 0 Å². The predicted octanol–water partition coefficient (Wildman–Crippen LogP) is 3.32. The molecule has 1 unspecified atom stereocenters. The molecule has 0 bridgehead atoms. The van der Waals surface area contributed by atoms with Crippen LogP contribution in [0.25, 0.3) is 11.1 Å². The van der Waals surface area contributed by atoms with Gasteiger partial charge in [-0.3, -0.25) is 0 Å². The van der Waals surface area contributed by atoms with Crippen molar-refractivity contribution in [2.45, 2.75) is 11.0 Å². The molecule has 0 aliphatic heterocycles. The summed E-state index contributed by atoms with van der Waals surface area (Å²) in [5.41, 5.74) is 8.53. The molecule has 0 aliphatic rings. The summed E-state index contributed by atoms with van der Waals surface area (Å²) >= 11 is 2.24. The Hall–Kier alpha value is -1.41. The summed E-state index contributed by atoms with van der Waals surface area (Å²) in [6.07, 6.45) is 0. The van der Waals surface area contributed by atoms with Crippen LogP contribution in [0, 0.1) is 3.57 Å². The molecule has 0 fully saturated rings. The number of aromatic nitrogens is 1. The van der Waals surface area contributed by atoms with E-state index in [0.717, 1.165) is 9.13 Å². The lowest BCUT2D eigenvalue weighted by molar-refractivity contribution is 0.477. The Balaban J connectivity index is 1.86. The van der Waals surface area contributed by atoms with E-state index in [4.69, 9.17) is 10.2 Å². The van der Waals surface area contributed by atoms with Gasteiger partial charge in [-0.2, -0.15) is 0 Å². The molecule has 3 aromatic rings. The van der Waals surface area contributed by atoms with Gasteiger partial charge in [0, 0.05) is 9.26 Å². The Kier molecular flexibility index (Phi) is 3.75. The maximum absolute atomic E-state index is 12.3. The second kappa shape index (κ2) is 5.53. The number of nitrogens with zero attached hydrogens (tertiary/aromatic N) is 1. The van der Waals surface area contributed by atoms with Gasteiger partial charge in [0.05, 0.1) is 5.75 Å². The van der Waals surface area contributed by atoms with E-state index in [1.165, 1.54) is 0 Å². The fraction of sp³-hybridized carbons (Fsp3) is 0.0714. The van der Waals surface area contributed by atoms with E-state index in [0.29, 0.717) is 22.5 Å². The lowest BCUT2D eigenvalue weighted by Crippen LogP contribution is -1.96. The normalized spacial score (nSPS) is 12.7. The van der Waals surface area contributed by atoms with Gasteiger partial charge < -0.3 is 10.2 Å². The van der Waals surface area contributed by atoms with E-state index in [1.807, 2.05) is 24.3 Å². The van der Waals surface area contributed by atoms with Crippen molar-refractivity contribution in [1.29, 1.82) is 0 Å². The molecule has 6 heteroatoms. The lowest BCUT2D eigenvalue weighted by Gasteiger charge is -1.98. The second-order valence-electron chi connectivity index (χ2n) is 4.32. The number of halogens is 1. The van der Waals surface area contributed by atoms with Crippen LogP contribution in [0.15, 0.2) is 52.1 Å². The maximum atomic E-state index is 12.3. The molecule has 1 heterocycles. The van der Waals surface area contributed by atoms with E-state index < -0.39 is 10.8 Å². The molecule has 3 rings (SSSR count). The summed E-state index contributed by atoms with van der Waals surface area (Å²) in [5.74, 6) is 0.388. The molecule has 1 aromatic heterocycles. The van der Waals surface area contributed by atoms with Gasteiger partial charge in [-0.15, -0.1) is 0 Å². The van der Waals surface area contributed by atoms with Gasteiger partial charge in [0.2, 0.25) is 0 Å². The number of rotatable bonds is 3. The maximum Gasteiger partial charge on any atom is 0.288 e. The van der Waals surface area contributed by atoms with Crippen molar-refractivity contribution in [3.63, 3.8) is 0 Å². The molecule has 0 spiro atoms. The van der Waals surface area contributed by atoms with Crippen molar-refractivity contribution in [3.05, 3.63) is 51.6 Å². The summed E-state index contributed by atoms with van der Waals surface area (Å²) < 4.78 is 18.9. The van der Waals surface area contributed by atoms with Crippen molar-refractivity contribution < 1.29 is 8.63 Å². The van der Waals surface area contributed by atoms with Crippen LogP contribution in [-0.4, -0.2) is 9.19 Å². The minimum Gasteiger partial charge on any atom is -0.430 e. The summed E-state index contributed by atoms with van der Waals surface area (Å²) in [4.78, 5) is 4.24. The van der Waals surface area contributed by atoms with E-state index in [-0.39, 0.29) is 5.22 Å². The summed E-state index contributed by atoms with van der Waals surface area (Å²) in [7, 11) is -1.30. The summed E-state index contributed by atoms with van der Waals surface area (Å²) in [6, 6.07) is 13.1. The average Bonchev–Trinajstić information content (AvgIpc) is 2.84. The molecular weight excluding hydrogens is 387 g/mol. The van der Waals surface area contributed by atoms with Crippen molar-refractivity contribution in [2.24, 2.45) is 0 Å². The van der Waals surface area contributed by atoms with Crippen LogP contribution < -0.4 is 5.73 Å². The van der Waals surface area contributed by atoms with Crippen LogP contribution in [0.2, 0.25) is 0 Å². The van der Waals surface area contributed by atoms with Crippen molar-refractivity contribution >= 4 is 50.2 Å². The van der Waals surface area contributed by atoms with Crippen molar-refractivity contribution in [2.75, 3.05) is 5.73 Å². The highest BCUT2D eigenvalue weighted by Gasteiger charge is 2.13. The average molecular weight is 398 g/mol. The largest absolute Gasteiger partial charge is 0.430 e. The summed E-state index contributed by atoms with van der Waals surface area (Å²) in [5, 5.41) is 0.240. The zero-order valence-electron chi connectivity index (χ0n) is 10.4. The highest BCUT2D eigenvalue weighted by Crippen LogP contribution is 2.21. The van der Waals surface area contributed by atoms with Gasteiger partial charge in [0.1, 0.15) is 16.3 Å². The van der Waals surface area contributed by atoms with Gasteiger partial charge in [0.15, 0.2) is 5.58 Å². The molecule has 4 nitrogen and oxygen atoms in total. The third-order valence-electron chi connectivity index (χ3n) is 2.80. The van der Waals surface area contributed by atoms with E-state index in [1.54, 1.807) is 18.2 Å². The highest BCUT2D eigenvalue weighted by atomic mass is 127. The van der Waals surface area contributed by atoms with Gasteiger partial charge in [-0.05, 0) is 58.5 Å². The fourth-order valence-electron chi connectivity index (χ4n) is 1.81. The molecule has 0 amide bonds. The van der Waals surface area contributed by atoms with E-state index >= 15 is 0 Å². The highest BCUT2D eigenvalue weighted by molar-refractivity contribution is 14.1. The number of fused-ring (bicyclic) bond motifs is 1. The monoisotopic (exact) mass is 398 g/mol. The number of nitrogen functional groups attached to an aromatic ring is 1. The standard InChI is InChI=1S/C14H11IN2O2S/c15-10-3-1-9(2-4-10)8-20(18)14-17-12-7-11(16)5-6-13(12)19-14/h1-7H,8,16H2. The van der Waals surface area contributed by atoms with Gasteiger partial charge in [-0.1, -0.05) is 12.1 Å². The number of hydrogen-bond acceptors (Lipinski definition) is 4. The van der Waals surface area contributed by atoms with Gasteiger partial charge in [0.25, 0.3) is 5.22 Å². The van der Waals surface area contributed by atoms with E-state index in [9.17, 15) is 4.21 Å². The number of nitrogens with two attached hydrogens (primary N) is 1. The summed E-state index contributed by atoms with van der Waals surface area (Å²) in [6.45, 7) is 0. The quantitative estimate of drug-likeness (QED) is 0.543. The molecule has 0 aliphatic carbocycles. The molecule has 2 aromatic carbocycles. The van der Waals surface area contributed by atoms with Crippen LogP contribution in [0.1, 0.15) is 5.56 Å². The first-order valence-corrected chi connectivity index (χ1v) is 8.30. The Morgan fingerprint density at radius 3 is 2.70 bits per heavy atom. The van der Waals surface area contributed by atoms with Crippen molar-refractivity contribution in [1.82, 2.24) is 4.98 Å². The molecule has 1 atom stereocenters. The zero-order chi connectivity index (χ0) is 14.1.